The fourth-order valence-corrected chi connectivity index (χ4v) is 5.08. The van der Waals surface area contributed by atoms with E-state index in [0.717, 1.165) is 25.7 Å². The Morgan fingerprint density at radius 2 is 1.36 bits per heavy atom. The molecule has 1 N–H and O–H groups in total. The largest absolute Gasteiger partial charge is 0.459 e. The quantitative estimate of drug-likeness (QED) is 0.391. The highest BCUT2D eigenvalue weighted by molar-refractivity contribution is 5.75. The van der Waals surface area contributed by atoms with Crippen molar-refractivity contribution in [1.29, 1.82) is 0 Å². The minimum Gasteiger partial charge on any atom is -0.459 e. The number of fused-ring (bicyclic) bond motifs is 2. The highest BCUT2D eigenvalue weighted by atomic mass is 17.2. The Labute approximate surface area is 171 Å². The summed E-state index contributed by atoms with van der Waals surface area (Å²) in [4.78, 5) is 24.7. The molecule has 1 aliphatic carbocycles. The van der Waals surface area contributed by atoms with Crippen LogP contribution in [0, 0.1) is 28.6 Å². The van der Waals surface area contributed by atoms with Gasteiger partial charge in [0.25, 0.3) is 0 Å². The van der Waals surface area contributed by atoms with Gasteiger partial charge >= 0.3 is 5.97 Å². The lowest BCUT2D eigenvalue weighted by Crippen LogP contribution is -2.60. The summed E-state index contributed by atoms with van der Waals surface area (Å²) in [5.74, 6) is -1.20. The third kappa shape index (κ3) is 4.91. The summed E-state index contributed by atoms with van der Waals surface area (Å²) >= 11 is 0. The molecule has 0 aromatic rings. The van der Waals surface area contributed by atoms with Crippen LogP contribution < -0.4 is 0 Å². The number of hydrogen-bond acceptors (Lipinski definition) is 5. The third-order valence-corrected chi connectivity index (χ3v) is 6.46. The van der Waals surface area contributed by atoms with E-state index in [1.807, 2.05) is 13.8 Å². The molecule has 0 aromatic carbocycles. The van der Waals surface area contributed by atoms with Crippen LogP contribution in [0.5, 0.6) is 0 Å². The number of rotatable bonds is 6. The van der Waals surface area contributed by atoms with Crippen LogP contribution in [-0.4, -0.2) is 35.0 Å². The molecule has 1 saturated carbocycles. The minimum atomic E-state index is -0.598. The number of aliphatic hydroxyl groups excluding tert-OH is 1. The van der Waals surface area contributed by atoms with Gasteiger partial charge in [-0.05, 0) is 37.5 Å². The Hall–Kier alpha value is -0.650. The zero-order chi connectivity index (χ0) is 21.5. The van der Waals surface area contributed by atoms with Gasteiger partial charge in [0, 0.05) is 11.8 Å². The molecule has 4 atom stereocenters. The van der Waals surface area contributed by atoms with Crippen LogP contribution in [0.4, 0.5) is 0 Å². The maximum atomic E-state index is 13.3. The zero-order valence-electron chi connectivity index (χ0n) is 19.4. The maximum Gasteiger partial charge on any atom is 0.315 e. The van der Waals surface area contributed by atoms with Gasteiger partial charge in [-0.25, -0.2) is 9.78 Å². The predicted octanol–water partition coefficient (Wildman–Crippen LogP) is 4.90. The molecule has 1 heterocycles. The van der Waals surface area contributed by atoms with Crippen LogP contribution in [0.25, 0.3) is 0 Å². The molecule has 0 amide bonds. The molecule has 0 spiro atoms. The number of hydrogen-bond donors (Lipinski definition) is 1. The number of carbonyl (C=O) groups is 1. The second-order valence-corrected chi connectivity index (χ2v) is 11.6. The molecule has 5 nitrogen and oxygen atoms in total. The second-order valence-electron chi connectivity index (χ2n) is 11.6. The van der Waals surface area contributed by atoms with E-state index in [1.165, 1.54) is 0 Å². The molecule has 0 aromatic heterocycles. The lowest BCUT2D eigenvalue weighted by Gasteiger charge is -2.50. The van der Waals surface area contributed by atoms with Crippen molar-refractivity contribution in [1.82, 2.24) is 0 Å². The Balaban J connectivity index is 2.29. The van der Waals surface area contributed by atoms with Crippen molar-refractivity contribution < 1.29 is 24.4 Å². The molecule has 4 unspecified atom stereocenters. The standard InChI is InChI=1S/C23H42O5/c1-10-11-12-13-23(8,9)26-20(25)14-18-15(21(2,3)4)17(24)16(22(5,6)7)19(14)28-27-18/h14-19,24H,10-13H2,1-9H3. The maximum absolute atomic E-state index is 13.3. The molecule has 5 heteroatoms. The van der Waals surface area contributed by atoms with E-state index in [9.17, 15) is 9.90 Å². The highest BCUT2D eigenvalue weighted by Crippen LogP contribution is 2.54. The van der Waals surface area contributed by atoms with Gasteiger partial charge < -0.3 is 9.84 Å². The van der Waals surface area contributed by atoms with E-state index >= 15 is 0 Å². The van der Waals surface area contributed by atoms with E-state index in [2.05, 4.69) is 48.5 Å². The van der Waals surface area contributed by atoms with Gasteiger partial charge in [-0.2, -0.15) is 0 Å². The monoisotopic (exact) mass is 398 g/mol. The number of ether oxygens (including phenoxy) is 1. The first kappa shape index (κ1) is 23.6. The topological polar surface area (TPSA) is 65.0 Å². The summed E-state index contributed by atoms with van der Waals surface area (Å²) in [6.07, 6.45) is 2.57. The second kappa shape index (κ2) is 8.23. The van der Waals surface area contributed by atoms with Crippen molar-refractivity contribution >= 4 is 5.97 Å². The molecule has 28 heavy (non-hydrogen) atoms. The van der Waals surface area contributed by atoms with E-state index in [1.54, 1.807) is 0 Å². The fraction of sp³-hybridized carbons (Fsp3) is 0.957. The number of aliphatic hydroxyl groups is 1. The average Bonchev–Trinajstić information content (AvgIpc) is 2.81. The van der Waals surface area contributed by atoms with E-state index in [0.29, 0.717) is 0 Å². The van der Waals surface area contributed by atoms with Gasteiger partial charge in [-0.3, -0.25) is 4.79 Å². The Morgan fingerprint density at radius 3 is 1.75 bits per heavy atom. The lowest BCUT2D eigenvalue weighted by molar-refractivity contribution is -0.304. The molecule has 164 valence electrons. The summed E-state index contributed by atoms with van der Waals surface area (Å²) in [5, 5.41) is 11.2. The first-order valence-electron chi connectivity index (χ1n) is 10.9. The van der Waals surface area contributed by atoms with Crippen molar-refractivity contribution in [2.45, 2.75) is 112 Å². The van der Waals surface area contributed by atoms with Gasteiger partial charge in [0.2, 0.25) is 0 Å². The highest BCUT2D eigenvalue weighted by Gasteiger charge is 2.64. The van der Waals surface area contributed by atoms with Crippen LogP contribution in [0.1, 0.15) is 88.0 Å². The van der Waals surface area contributed by atoms with Gasteiger partial charge in [-0.1, -0.05) is 61.3 Å². The molecular weight excluding hydrogens is 356 g/mol. The SMILES string of the molecule is CCCCCC(C)(C)OC(=O)C1C2OOC1C(C(C)(C)C)C(O)C2C(C)(C)C. The first-order valence-corrected chi connectivity index (χ1v) is 10.9. The van der Waals surface area contributed by atoms with Crippen molar-refractivity contribution in [2.75, 3.05) is 0 Å². The van der Waals surface area contributed by atoms with Gasteiger partial charge in [0.05, 0.1) is 6.10 Å². The Bertz CT molecular complexity index is 512. The van der Waals surface area contributed by atoms with Crippen LogP contribution in [0.2, 0.25) is 0 Å². The van der Waals surface area contributed by atoms with Crippen molar-refractivity contribution in [2.24, 2.45) is 28.6 Å². The number of carbonyl (C=O) groups excluding carboxylic acids is 1. The minimum absolute atomic E-state index is 0.212. The van der Waals surface area contributed by atoms with Crippen LogP contribution in [-0.2, 0) is 19.3 Å². The van der Waals surface area contributed by atoms with Crippen molar-refractivity contribution in [3.8, 4) is 0 Å². The van der Waals surface area contributed by atoms with E-state index in [-0.39, 0.29) is 28.6 Å². The molecular formula is C23H42O5. The molecule has 1 aliphatic heterocycles. The summed E-state index contributed by atoms with van der Waals surface area (Å²) in [7, 11) is 0. The lowest BCUT2D eigenvalue weighted by atomic mass is 9.56. The molecule has 2 aliphatic rings. The Kier molecular flexibility index (Phi) is 6.95. The summed E-state index contributed by atoms with van der Waals surface area (Å²) in [5.41, 5.74) is -0.987. The van der Waals surface area contributed by atoms with Crippen LogP contribution >= 0.6 is 0 Å². The van der Waals surface area contributed by atoms with Gasteiger partial charge in [0.15, 0.2) is 0 Å². The normalized spacial score (nSPS) is 33.8. The summed E-state index contributed by atoms with van der Waals surface area (Å²) < 4.78 is 5.98. The van der Waals surface area contributed by atoms with Crippen LogP contribution in [0.15, 0.2) is 0 Å². The zero-order valence-corrected chi connectivity index (χ0v) is 19.4. The van der Waals surface area contributed by atoms with Gasteiger partial charge in [-0.15, -0.1) is 0 Å². The average molecular weight is 399 g/mol. The Morgan fingerprint density at radius 1 is 0.893 bits per heavy atom. The molecule has 0 radical (unpaired) electrons. The first-order chi connectivity index (χ1) is 12.7. The molecule has 2 bridgehead atoms. The number of esters is 1. The smallest absolute Gasteiger partial charge is 0.315 e. The van der Waals surface area contributed by atoms with Crippen molar-refractivity contribution in [3.63, 3.8) is 0 Å². The molecule has 2 fully saturated rings. The van der Waals surface area contributed by atoms with Crippen LogP contribution in [0.3, 0.4) is 0 Å². The summed E-state index contributed by atoms with van der Waals surface area (Å²) in [6, 6.07) is 0. The molecule has 2 rings (SSSR count). The van der Waals surface area contributed by atoms with Crippen molar-refractivity contribution in [3.05, 3.63) is 0 Å². The fourth-order valence-electron chi connectivity index (χ4n) is 5.08. The van der Waals surface area contributed by atoms with Gasteiger partial charge in [0.1, 0.15) is 23.7 Å². The summed E-state index contributed by atoms with van der Waals surface area (Å²) in [6.45, 7) is 18.6. The van der Waals surface area contributed by atoms with E-state index in [4.69, 9.17) is 14.5 Å². The van der Waals surface area contributed by atoms with E-state index < -0.39 is 29.8 Å². The third-order valence-electron chi connectivity index (χ3n) is 6.46. The predicted molar refractivity (Wildman–Crippen MR) is 109 cm³/mol. The molecule has 1 saturated heterocycles. The number of unbranched alkanes of at least 4 members (excludes halogenated alkanes) is 2.